The van der Waals surface area contributed by atoms with Gasteiger partial charge in [-0.25, -0.2) is 0 Å². The molecule has 1 fully saturated rings. The van der Waals surface area contributed by atoms with E-state index in [0.717, 1.165) is 11.3 Å². The van der Waals surface area contributed by atoms with Crippen molar-refractivity contribution >= 4 is 17.2 Å². The lowest BCUT2D eigenvalue weighted by atomic mass is 9.96. The van der Waals surface area contributed by atoms with Crippen molar-refractivity contribution in [3.8, 4) is 0 Å². The summed E-state index contributed by atoms with van der Waals surface area (Å²) in [5, 5.41) is 7.79. The number of carbonyl (C=O) groups excluding carboxylic acids is 1. The Morgan fingerprint density at radius 2 is 2.12 bits per heavy atom. The first kappa shape index (κ1) is 17.6. The molecule has 0 unspecified atom stereocenters. The zero-order valence-corrected chi connectivity index (χ0v) is 14.0. The summed E-state index contributed by atoms with van der Waals surface area (Å²) in [5.41, 5.74) is -0.456. The molecule has 0 bridgehead atoms. The molecule has 0 aromatic carbocycles. The van der Waals surface area contributed by atoms with Crippen LogP contribution < -0.4 is 10.2 Å². The van der Waals surface area contributed by atoms with E-state index in [9.17, 15) is 22.8 Å². The average molecular weight is 376 g/mol. The number of alkyl halides is 3. The third-order valence-electron chi connectivity index (χ3n) is 4.21. The fourth-order valence-corrected chi connectivity index (χ4v) is 3.70. The van der Waals surface area contributed by atoms with Crippen LogP contribution in [0.4, 0.5) is 13.2 Å². The number of nitrogens with one attached hydrogen (secondary N) is 1. The number of thiazole rings is 1. The Kier molecular flexibility index (Phi) is 4.43. The molecule has 0 saturated heterocycles. The number of rotatable bonds is 4. The predicted molar refractivity (Wildman–Crippen MR) is 80.9 cm³/mol. The molecule has 25 heavy (non-hydrogen) atoms. The standard InChI is InChI=1S/C14H15F3N4O3S/c1-8-7-25-12(23)21(8)6-9(22)19-13(4-2-3-5-13)10-18-11(24-20-10)14(15,16)17/h7H,2-6H2,1H3,(H,19,22). The maximum absolute atomic E-state index is 12.7. The zero-order chi connectivity index (χ0) is 18.2. The second-order valence-corrected chi connectivity index (χ2v) is 6.81. The molecule has 136 valence electrons. The first-order valence-electron chi connectivity index (χ1n) is 7.59. The maximum Gasteiger partial charge on any atom is 0.471 e. The third kappa shape index (κ3) is 3.46. The van der Waals surface area contributed by atoms with E-state index in [4.69, 9.17) is 0 Å². The van der Waals surface area contributed by atoms with Gasteiger partial charge < -0.3 is 9.84 Å². The van der Waals surface area contributed by atoms with Crippen LogP contribution in [0.15, 0.2) is 14.7 Å². The lowest BCUT2D eigenvalue weighted by Crippen LogP contribution is -2.46. The van der Waals surface area contributed by atoms with Crippen LogP contribution in [0.1, 0.15) is 43.1 Å². The summed E-state index contributed by atoms with van der Waals surface area (Å²) in [6.07, 6.45) is -2.49. The Morgan fingerprint density at radius 1 is 1.44 bits per heavy atom. The SMILES string of the molecule is Cc1csc(=O)n1CC(=O)NC1(c2noc(C(F)(F)F)n2)CCCC1. The second-order valence-electron chi connectivity index (χ2n) is 5.99. The smallest absolute Gasteiger partial charge is 0.342 e. The van der Waals surface area contributed by atoms with Gasteiger partial charge in [0.15, 0.2) is 5.82 Å². The van der Waals surface area contributed by atoms with Crippen molar-refractivity contribution in [1.29, 1.82) is 0 Å². The molecule has 0 radical (unpaired) electrons. The Morgan fingerprint density at radius 3 is 2.64 bits per heavy atom. The summed E-state index contributed by atoms with van der Waals surface area (Å²) < 4.78 is 43.7. The number of amides is 1. The van der Waals surface area contributed by atoms with Crippen LogP contribution in [0, 0.1) is 6.92 Å². The van der Waals surface area contributed by atoms with Crippen molar-refractivity contribution in [2.24, 2.45) is 0 Å². The molecule has 11 heteroatoms. The largest absolute Gasteiger partial charge is 0.471 e. The van der Waals surface area contributed by atoms with Gasteiger partial charge in [0.25, 0.3) is 0 Å². The molecule has 7 nitrogen and oxygen atoms in total. The quantitative estimate of drug-likeness (QED) is 0.884. The van der Waals surface area contributed by atoms with Gasteiger partial charge >= 0.3 is 16.9 Å². The fraction of sp³-hybridized carbons (Fsp3) is 0.571. The molecule has 1 aliphatic carbocycles. The van der Waals surface area contributed by atoms with Crippen LogP contribution >= 0.6 is 11.3 Å². The topological polar surface area (TPSA) is 90.0 Å². The molecule has 1 saturated carbocycles. The Bertz CT molecular complexity index is 833. The van der Waals surface area contributed by atoms with Gasteiger partial charge in [-0.2, -0.15) is 18.2 Å². The zero-order valence-electron chi connectivity index (χ0n) is 13.2. The van der Waals surface area contributed by atoms with E-state index < -0.39 is 23.5 Å². The van der Waals surface area contributed by atoms with Crippen molar-refractivity contribution in [1.82, 2.24) is 20.0 Å². The number of hydrogen-bond acceptors (Lipinski definition) is 6. The molecule has 2 heterocycles. The molecular formula is C14H15F3N4O3S. The highest BCUT2D eigenvalue weighted by molar-refractivity contribution is 7.07. The number of aryl methyl sites for hydroxylation is 1. The lowest BCUT2D eigenvalue weighted by Gasteiger charge is -2.26. The van der Waals surface area contributed by atoms with Crippen LogP contribution in [0.3, 0.4) is 0 Å². The molecule has 1 amide bonds. The maximum atomic E-state index is 12.7. The van der Waals surface area contributed by atoms with E-state index >= 15 is 0 Å². The van der Waals surface area contributed by atoms with Crippen molar-refractivity contribution in [3.63, 3.8) is 0 Å². The number of halogens is 3. The highest BCUT2D eigenvalue weighted by atomic mass is 32.1. The normalized spacial score (nSPS) is 17.0. The number of carbonyl (C=O) groups is 1. The summed E-state index contributed by atoms with van der Waals surface area (Å²) in [6.45, 7) is 1.49. The summed E-state index contributed by atoms with van der Waals surface area (Å²) in [5.74, 6) is -2.10. The van der Waals surface area contributed by atoms with E-state index in [0.29, 0.717) is 31.4 Å². The molecule has 2 aromatic heterocycles. The average Bonchev–Trinajstić information content (AvgIpc) is 3.23. The van der Waals surface area contributed by atoms with E-state index in [1.807, 2.05) is 0 Å². The Hall–Kier alpha value is -2.17. The molecular weight excluding hydrogens is 361 g/mol. The van der Waals surface area contributed by atoms with Crippen molar-refractivity contribution in [2.75, 3.05) is 0 Å². The summed E-state index contributed by atoms with van der Waals surface area (Å²) >= 11 is 0.980. The number of aromatic nitrogens is 3. The van der Waals surface area contributed by atoms with Gasteiger partial charge in [-0.05, 0) is 19.8 Å². The Balaban J connectivity index is 1.82. The number of nitrogens with zero attached hydrogens (tertiary/aromatic N) is 3. The molecule has 1 N–H and O–H groups in total. The van der Waals surface area contributed by atoms with Gasteiger partial charge in [-0.3, -0.25) is 14.2 Å². The van der Waals surface area contributed by atoms with Gasteiger partial charge in [0.1, 0.15) is 12.1 Å². The van der Waals surface area contributed by atoms with Crippen LogP contribution in [-0.2, 0) is 23.1 Å². The first-order chi connectivity index (χ1) is 11.7. The van der Waals surface area contributed by atoms with Gasteiger partial charge in [0, 0.05) is 11.1 Å². The predicted octanol–water partition coefficient (Wildman–Crippen LogP) is 2.21. The minimum atomic E-state index is -4.74. The van der Waals surface area contributed by atoms with Gasteiger partial charge in [0.05, 0.1) is 0 Å². The molecule has 3 rings (SSSR count). The Labute approximate surface area is 143 Å². The third-order valence-corrected chi connectivity index (χ3v) is 5.09. The second kappa shape index (κ2) is 6.28. The van der Waals surface area contributed by atoms with E-state index in [-0.39, 0.29) is 17.2 Å². The molecule has 0 atom stereocenters. The van der Waals surface area contributed by atoms with Crippen LogP contribution in [0.5, 0.6) is 0 Å². The van der Waals surface area contributed by atoms with Crippen LogP contribution in [-0.4, -0.2) is 20.6 Å². The van der Waals surface area contributed by atoms with E-state index in [1.54, 1.807) is 12.3 Å². The van der Waals surface area contributed by atoms with Gasteiger partial charge in [0.2, 0.25) is 5.91 Å². The van der Waals surface area contributed by atoms with Gasteiger partial charge in [-0.1, -0.05) is 29.3 Å². The highest BCUT2D eigenvalue weighted by Crippen LogP contribution is 2.38. The summed E-state index contributed by atoms with van der Waals surface area (Å²) in [4.78, 5) is 27.3. The highest BCUT2D eigenvalue weighted by Gasteiger charge is 2.45. The van der Waals surface area contributed by atoms with Gasteiger partial charge in [-0.15, -0.1) is 0 Å². The van der Waals surface area contributed by atoms with Crippen molar-refractivity contribution in [2.45, 2.75) is 50.9 Å². The summed E-state index contributed by atoms with van der Waals surface area (Å²) in [6, 6.07) is 0. The van der Waals surface area contributed by atoms with Crippen molar-refractivity contribution < 1.29 is 22.5 Å². The summed E-state index contributed by atoms with van der Waals surface area (Å²) in [7, 11) is 0. The van der Waals surface area contributed by atoms with Crippen LogP contribution in [0.2, 0.25) is 0 Å². The molecule has 1 aliphatic rings. The lowest BCUT2D eigenvalue weighted by molar-refractivity contribution is -0.159. The number of hydrogen-bond donors (Lipinski definition) is 1. The molecule has 0 aliphatic heterocycles. The van der Waals surface area contributed by atoms with E-state index in [2.05, 4.69) is 20.0 Å². The monoisotopic (exact) mass is 376 g/mol. The van der Waals surface area contributed by atoms with Crippen LogP contribution in [0.25, 0.3) is 0 Å². The molecule has 0 spiro atoms. The first-order valence-corrected chi connectivity index (χ1v) is 8.46. The minimum absolute atomic E-state index is 0.180. The molecule has 2 aromatic rings. The fourth-order valence-electron chi connectivity index (χ4n) is 2.96. The van der Waals surface area contributed by atoms with E-state index in [1.165, 1.54) is 4.57 Å². The van der Waals surface area contributed by atoms with Crippen molar-refractivity contribution in [3.05, 3.63) is 32.5 Å². The minimum Gasteiger partial charge on any atom is -0.342 e.